The molecular formula is C16H15N3O2. The van der Waals surface area contributed by atoms with Crippen molar-refractivity contribution >= 4 is 11.3 Å². The molecule has 21 heavy (non-hydrogen) atoms. The number of pyridine rings is 1. The molecule has 0 atom stereocenters. The molecule has 0 saturated heterocycles. The molecule has 0 unspecified atom stereocenters. The van der Waals surface area contributed by atoms with Crippen LogP contribution in [-0.2, 0) is 0 Å². The quantitative estimate of drug-likeness (QED) is 0.870. The van der Waals surface area contributed by atoms with E-state index in [1.165, 1.54) is 0 Å². The molecule has 1 aromatic heterocycles. The highest BCUT2D eigenvalue weighted by molar-refractivity contribution is 5.97. The third kappa shape index (κ3) is 2.95. The lowest BCUT2D eigenvalue weighted by molar-refractivity contribution is 0.393. The zero-order valence-corrected chi connectivity index (χ0v) is 11.8. The van der Waals surface area contributed by atoms with E-state index in [4.69, 9.17) is 15.2 Å². The van der Waals surface area contributed by atoms with E-state index in [0.717, 1.165) is 0 Å². The lowest BCUT2D eigenvalue weighted by atomic mass is 10.0. The van der Waals surface area contributed by atoms with Crippen LogP contribution in [0.2, 0.25) is 0 Å². The van der Waals surface area contributed by atoms with Gasteiger partial charge >= 0.3 is 0 Å². The Kier molecular flexibility index (Phi) is 4.42. The minimum absolute atomic E-state index is 0.350. The molecule has 0 amide bonds. The maximum absolute atomic E-state index is 9.40. The van der Waals surface area contributed by atoms with Crippen molar-refractivity contribution in [2.75, 3.05) is 14.2 Å². The molecule has 0 radical (unpaired) electrons. The molecule has 0 aliphatic rings. The average Bonchev–Trinajstić information content (AvgIpc) is 2.55. The van der Waals surface area contributed by atoms with Crippen molar-refractivity contribution < 1.29 is 9.47 Å². The molecule has 0 aliphatic carbocycles. The smallest absolute Gasteiger partial charge is 0.131 e. The van der Waals surface area contributed by atoms with Crippen molar-refractivity contribution in [3.05, 3.63) is 53.9 Å². The maximum atomic E-state index is 9.40. The van der Waals surface area contributed by atoms with Crippen LogP contribution < -0.4 is 15.2 Å². The molecule has 0 aliphatic heterocycles. The van der Waals surface area contributed by atoms with Gasteiger partial charge in [0.05, 0.1) is 25.5 Å². The lowest BCUT2D eigenvalue weighted by Gasteiger charge is -2.12. The summed E-state index contributed by atoms with van der Waals surface area (Å²) in [6.45, 7) is 0. The van der Waals surface area contributed by atoms with Crippen molar-refractivity contribution in [3.63, 3.8) is 0 Å². The number of benzene rings is 1. The summed E-state index contributed by atoms with van der Waals surface area (Å²) in [5.41, 5.74) is 8.25. The Balaban J connectivity index is 2.59. The average molecular weight is 281 g/mol. The minimum Gasteiger partial charge on any atom is -0.497 e. The molecule has 2 N–H and O–H groups in total. The van der Waals surface area contributed by atoms with Crippen LogP contribution in [-0.4, -0.2) is 19.2 Å². The molecule has 5 heteroatoms. The van der Waals surface area contributed by atoms with E-state index >= 15 is 0 Å². The molecule has 0 fully saturated rings. The molecule has 2 rings (SSSR count). The van der Waals surface area contributed by atoms with Crippen LogP contribution in [0, 0.1) is 11.3 Å². The summed E-state index contributed by atoms with van der Waals surface area (Å²) in [4.78, 5) is 3.94. The Morgan fingerprint density at radius 2 is 1.86 bits per heavy atom. The standard InChI is InChI=1S/C16H15N3O2/c1-20-12-3-4-13(15(9-12)21-2)16(18)14(10-17)11-5-7-19-8-6-11/h3-9H,18H2,1-2H3/b16-14+. The van der Waals surface area contributed by atoms with Gasteiger partial charge < -0.3 is 15.2 Å². The number of ether oxygens (including phenoxy) is 2. The second-order valence-corrected chi connectivity index (χ2v) is 4.20. The van der Waals surface area contributed by atoms with E-state index in [0.29, 0.717) is 33.9 Å². The molecule has 0 spiro atoms. The third-order valence-corrected chi connectivity index (χ3v) is 3.05. The fourth-order valence-electron chi connectivity index (χ4n) is 1.95. The van der Waals surface area contributed by atoms with Gasteiger partial charge in [0.2, 0.25) is 0 Å². The van der Waals surface area contributed by atoms with Crippen LogP contribution in [0.1, 0.15) is 11.1 Å². The van der Waals surface area contributed by atoms with Gasteiger partial charge in [-0.1, -0.05) is 0 Å². The number of hydrogen-bond acceptors (Lipinski definition) is 5. The van der Waals surface area contributed by atoms with E-state index in [1.54, 1.807) is 56.9 Å². The first kappa shape index (κ1) is 14.4. The van der Waals surface area contributed by atoms with E-state index in [1.807, 2.05) is 0 Å². The Morgan fingerprint density at radius 3 is 2.43 bits per heavy atom. The number of nitriles is 1. The molecule has 1 heterocycles. The van der Waals surface area contributed by atoms with Gasteiger partial charge in [0.25, 0.3) is 0 Å². The zero-order chi connectivity index (χ0) is 15.2. The van der Waals surface area contributed by atoms with Gasteiger partial charge in [-0.25, -0.2) is 0 Å². The fraction of sp³-hybridized carbons (Fsp3) is 0.125. The van der Waals surface area contributed by atoms with Gasteiger partial charge in [-0.05, 0) is 29.8 Å². The largest absolute Gasteiger partial charge is 0.497 e. The van der Waals surface area contributed by atoms with Gasteiger partial charge in [-0.3, -0.25) is 4.98 Å². The van der Waals surface area contributed by atoms with Crippen molar-refractivity contribution in [1.29, 1.82) is 5.26 Å². The van der Waals surface area contributed by atoms with Crippen LogP contribution in [0.5, 0.6) is 11.5 Å². The third-order valence-electron chi connectivity index (χ3n) is 3.05. The first-order valence-corrected chi connectivity index (χ1v) is 6.24. The number of rotatable bonds is 4. The molecule has 0 saturated carbocycles. The zero-order valence-electron chi connectivity index (χ0n) is 11.8. The molecule has 5 nitrogen and oxygen atoms in total. The van der Waals surface area contributed by atoms with E-state index in [9.17, 15) is 5.26 Å². The second-order valence-electron chi connectivity index (χ2n) is 4.20. The summed E-state index contributed by atoms with van der Waals surface area (Å²) >= 11 is 0. The number of methoxy groups -OCH3 is 2. The van der Waals surface area contributed by atoms with Gasteiger partial charge in [0.15, 0.2) is 0 Å². The minimum atomic E-state index is 0.350. The predicted molar refractivity (Wildman–Crippen MR) is 80.4 cm³/mol. The Bertz CT molecular complexity index is 703. The van der Waals surface area contributed by atoms with Gasteiger partial charge in [-0.2, -0.15) is 5.26 Å². The van der Waals surface area contributed by atoms with Crippen LogP contribution in [0.25, 0.3) is 11.3 Å². The molecular weight excluding hydrogens is 266 g/mol. The Hall–Kier alpha value is -3.00. The van der Waals surface area contributed by atoms with Crippen LogP contribution in [0.4, 0.5) is 0 Å². The summed E-state index contributed by atoms with van der Waals surface area (Å²) in [7, 11) is 3.12. The first-order valence-electron chi connectivity index (χ1n) is 6.24. The summed E-state index contributed by atoms with van der Waals surface area (Å²) in [5, 5.41) is 9.40. The number of aromatic nitrogens is 1. The summed E-state index contributed by atoms with van der Waals surface area (Å²) < 4.78 is 10.5. The van der Waals surface area contributed by atoms with Crippen LogP contribution >= 0.6 is 0 Å². The molecule has 1 aromatic carbocycles. The van der Waals surface area contributed by atoms with Crippen molar-refractivity contribution in [2.24, 2.45) is 5.73 Å². The van der Waals surface area contributed by atoms with Crippen molar-refractivity contribution in [1.82, 2.24) is 4.98 Å². The van der Waals surface area contributed by atoms with E-state index < -0.39 is 0 Å². The molecule has 106 valence electrons. The molecule has 2 aromatic rings. The second kappa shape index (κ2) is 6.44. The Morgan fingerprint density at radius 1 is 1.14 bits per heavy atom. The summed E-state index contributed by atoms with van der Waals surface area (Å²) in [5.74, 6) is 1.21. The van der Waals surface area contributed by atoms with E-state index in [-0.39, 0.29) is 0 Å². The first-order chi connectivity index (χ1) is 10.2. The monoisotopic (exact) mass is 281 g/mol. The topological polar surface area (TPSA) is 81.2 Å². The highest BCUT2D eigenvalue weighted by Gasteiger charge is 2.13. The van der Waals surface area contributed by atoms with Gasteiger partial charge in [-0.15, -0.1) is 0 Å². The number of allylic oxidation sites excluding steroid dienone is 1. The highest BCUT2D eigenvalue weighted by Crippen LogP contribution is 2.31. The molecule has 0 bridgehead atoms. The van der Waals surface area contributed by atoms with E-state index in [2.05, 4.69) is 11.1 Å². The van der Waals surface area contributed by atoms with Gasteiger partial charge in [0, 0.05) is 24.0 Å². The predicted octanol–water partition coefficient (Wildman–Crippen LogP) is 2.45. The van der Waals surface area contributed by atoms with Crippen molar-refractivity contribution in [2.45, 2.75) is 0 Å². The van der Waals surface area contributed by atoms with Gasteiger partial charge in [0.1, 0.15) is 17.6 Å². The lowest BCUT2D eigenvalue weighted by Crippen LogP contribution is -2.03. The maximum Gasteiger partial charge on any atom is 0.131 e. The number of nitrogens with two attached hydrogens (primary N) is 1. The van der Waals surface area contributed by atoms with Crippen LogP contribution in [0.3, 0.4) is 0 Å². The SMILES string of the molecule is COc1ccc(/C(N)=C(/C#N)c2ccncc2)c(OC)c1. The highest BCUT2D eigenvalue weighted by atomic mass is 16.5. The summed E-state index contributed by atoms with van der Waals surface area (Å²) in [6.07, 6.45) is 3.23. The Labute approximate surface area is 123 Å². The number of hydrogen-bond donors (Lipinski definition) is 1. The fourth-order valence-corrected chi connectivity index (χ4v) is 1.95. The summed E-state index contributed by atoms with van der Waals surface area (Å²) in [6, 6.07) is 10.9. The van der Waals surface area contributed by atoms with Crippen molar-refractivity contribution in [3.8, 4) is 17.6 Å². The van der Waals surface area contributed by atoms with Crippen LogP contribution in [0.15, 0.2) is 42.7 Å². The normalized spacial score (nSPS) is 11.3. The number of nitrogens with zero attached hydrogens (tertiary/aromatic N) is 2.